The van der Waals surface area contributed by atoms with Gasteiger partial charge in [0.2, 0.25) is 0 Å². The van der Waals surface area contributed by atoms with Crippen molar-refractivity contribution >= 4 is 43.1 Å². The summed E-state index contributed by atoms with van der Waals surface area (Å²) in [6.07, 6.45) is -0.699. The Labute approximate surface area is 119 Å². The molecule has 0 heterocycles. The van der Waals surface area contributed by atoms with E-state index in [4.69, 9.17) is 10.2 Å². The van der Waals surface area contributed by atoms with Crippen LogP contribution in [0.2, 0.25) is 0 Å². The molecule has 102 valence electrons. The fraction of sp³-hybridized carbons (Fsp3) is 0.182. The Morgan fingerprint density at radius 3 is 2.05 bits per heavy atom. The molecule has 0 unspecified atom stereocenters. The van der Waals surface area contributed by atoms with Crippen LogP contribution in [0.5, 0.6) is 0 Å². The monoisotopic (exact) mass is 301 g/mol. The van der Waals surface area contributed by atoms with E-state index >= 15 is 0 Å². The van der Waals surface area contributed by atoms with Crippen molar-refractivity contribution in [3.63, 3.8) is 0 Å². The fourth-order valence-electron chi connectivity index (χ4n) is 1.34. The summed E-state index contributed by atoms with van der Waals surface area (Å²) in [5.74, 6) is -3.42. The van der Waals surface area contributed by atoms with Crippen molar-refractivity contribution in [3.05, 3.63) is 23.8 Å². The van der Waals surface area contributed by atoms with Gasteiger partial charge >= 0.3 is 11.9 Å². The quantitative estimate of drug-likeness (QED) is 0.520. The lowest BCUT2D eigenvalue weighted by atomic mass is 10.1. The zero-order valence-corrected chi connectivity index (χ0v) is 11.3. The van der Waals surface area contributed by atoms with Crippen LogP contribution in [0.25, 0.3) is 0 Å². The van der Waals surface area contributed by atoms with Gasteiger partial charge in [0.15, 0.2) is 0 Å². The molecule has 6 nitrogen and oxygen atoms in total. The summed E-state index contributed by atoms with van der Waals surface area (Å²) >= 11 is 8.13. The highest BCUT2D eigenvalue weighted by molar-refractivity contribution is 7.81. The standard InChI is InChI=1S/C11H11NO5S2/c13-9(14)4-8(11(16)17)12-10(15)5-1-6(18)3-7(19)2-5/h1-3,8,18-19H,4H2,(H,12,15)(H,13,14)(H,16,17)/t8-/m0/s1. The minimum Gasteiger partial charge on any atom is -0.481 e. The SMILES string of the molecule is O=C(O)C[C@H](NC(=O)c1cc(S)cc(S)c1)C(=O)O. The molecule has 0 fully saturated rings. The van der Waals surface area contributed by atoms with Crippen LogP contribution in [0, 0.1) is 0 Å². The molecule has 19 heavy (non-hydrogen) atoms. The van der Waals surface area contributed by atoms with Crippen molar-refractivity contribution in [2.45, 2.75) is 22.3 Å². The van der Waals surface area contributed by atoms with Crippen LogP contribution in [0.4, 0.5) is 0 Å². The van der Waals surface area contributed by atoms with Gasteiger partial charge in [0.05, 0.1) is 6.42 Å². The van der Waals surface area contributed by atoms with Crippen LogP contribution >= 0.6 is 25.3 Å². The molecule has 0 aliphatic rings. The average Bonchev–Trinajstić information content (AvgIpc) is 2.25. The van der Waals surface area contributed by atoms with Gasteiger partial charge in [-0.05, 0) is 18.2 Å². The molecule has 1 aromatic rings. The van der Waals surface area contributed by atoms with Gasteiger partial charge in [-0.1, -0.05) is 0 Å². The lowest BCUT2D eigenvalue weighted by Crippen LogP contribution is -2.42. The van der Waals surface area contributed by atoms with Crippen LogP contribution in [0.3, 0.4) is 0 Å². The van der Waals surface area contributed by atoms with E-state index < -0.39 is 30.3 Å². The first-order valence-electron chi connectivity index (χ1n) is 5.08. The number of carbonyl (C=O) groups excluding carboxylic acids is 1. The fourth-order valence-corrected chi connectivity index (χ4v) is 2.00. The van der Waals surface area contributed by atoms with E-state index in [1.54, 1.807) is 6.07 Å². The lowest BCUT2D eigenvalue weighted by Gasteiger charge is -2.12. The normalized spacial score (nSPS) is 11.7. The topological polar surface area (TPSA) is 104 Å². The third kappa shape index (κ3) is 4.84. The average molecular weight is 301 g/mol. The van der Waals surface area contributed by atoms with Gasteiger partial charge in [0.1, 0.15) is 6.04 Å². The smallest absolute Gasteiger partial charge is 0.326 e. The molecule has 0 aliphatic carbocycles. The lowest BCUT2D eigenvalue weighted by molar-refractivity contribution is -0.145. The Hall–Kier alpha value is -1.67. The maximum absolute atomic E-state index is 11.8. The molecule has 0 radical (unpaired) electrons. The van der Waals surface area contributed by atoms with Crippen molar-refractivity contribution in [2.75, 3.05) is 0 Å². The number of thiol groups is 2. The Kier molecular flexibility index (Phi) is 5.25. The summed E-state index contributed by atoms with van der Waals surface area (Å²) in [6, 6.07) is 2.97. The molecule has 1 atom stereocenters. The summed E-state index contributed by atoms with van der Waals surface area (Å²) in [4.78, 5) is 34.1. The molecule has 0 bridgehead atoms. The number of carboxylic acids is 2. The Bertz CT molecular complexity index is 512. The Balaban J connectivity index is 2.87. The molecular formula is C11H11NO5S2. The number of hydrogen-bond donors (Lipinski definition) is 5. The Morgan fingerprint density at radius 1 is 1.11 bits per heavy atom. The number of hydrogen-bond acceptors (Lipinski definition) is 5. The van der Waals surface area contributed by atoms with Crippen LogP contribution in [0.1, 0.15) is 16.8 Å². The minimum absolute atomic E-state index is 0.161. The number of carboxylic acid groups (broad SMARTS) is 2. The van der Waals surface area contributed by atoms with E-state index in [0.29, 0.717) is 9.79 Å². The van der Waals surface area contributed by atoms with Gasteiger partial charge in [-0.3, -0.25) is 9.59 Å². The molecule has 0 saturated carbocycles. The summed E-state index contributed by atoms with van der Waals surface area (Å²) in [7, 11) is 0. The number of carbonyl (C=O) groups is 3. The first-order valence-corrected chi connectivity index (χ1v) is 5.97. The van der Waals surface area contributed by atoms with E-state index in [9.17, 15) is 14.4 Å². The predicted octanol–water partition coefficient (Wildman–Crippen LogP) is 0.922. The third-order valence-corrected chi connectivity index (χ3v) is 2.66. The first-order chi connectivity index (χ1) is 8.79. The summed E-state index contributed by atoms with van der Waals surface area (Å²) in [6.45, 7) is 0. The minimum atomic E-state index is -1.49. The molecule has 3 N–H and O–H groups in total. The maximum Gasteiger partial charge on any atom is 0.326 e. The molecule has 1 rings (SSSR count). The molecule has 1 aromatic carbocycles. The van der Waals surface area contributed by atoms with Crippen LogP contribution in [-0.2, 0) is 9.59 Å². The molecule has 0 aromatic heterocycles. The number of nitrogens with one attached hydrogen (secondary N) is 1. The number of rotatable bonds is 5. The molecule has 8 heteroatoms. The number of amides is 1. The van der Waals surface area contributed by atoms with E-state index in [-0.39, 0.29) is 5.56 Å². The zero-order valence-electron chi connectivity index (χ0n) is 9.53. The van der Waals surface area contributed by atoms with E-state index in [1.807, 2.05) is 0 Å². The first kappa shape index (κ1) is 15.4. The highest BCUT2D eigenvalue weighted by atomic mass is 32.1. The molecule has 0 saturated heterocycles. The van der Waals surface area contributed by atoms with Crippen LogP contribution in [-0.4, -0.2) is 34.1 Å². The van der Waals surface area contributed by atoms with Gasteiger partial charge in [0, 0.05) is 15.4 Å². The maximum atomic E-state index is 11.8. The predicted molar refractivity (Wildman–Crippen MR) is 72.1 cm³/mol. The van der Waals surface area contributed by atoms with Gasteiger partial charge in [-0.25, -0.2) is 4.79 Å². The van der Waals surface area contributed by atoms with Gasteiger partial charge in [0.25, 0.3) is 5.91 Å². The molecule has 1 amide bonds. The van der Waals surface area contributed by atoms with Crippen molar-refractivity contribution in [1.29, 1.82) is 0 Å². The van der Waals surface area contributed by atoms with Crippen molar-refractivity contribution < 1.29 is 24.6 Å². The number of benzene rings is 1. The second-order valence-corrected chi connectivity index (χ2v) is 4.73. The van der Waals surface area contributed by atoms with E-state index in [0.717, 1.165) is 0 Å². The molecule has 0 aliphatic heterocycles. The van der Waals surface area contributed by atoms with Crippen molar-refractivity contribution in [2.24, 2.45) is 0 Å². The molecular weight excluding hydrogens is 290 g/mol. The Morgan fingerprint density at radius 2 is 1.63 bits per heavy atom. The van der Waals surface area contributed by atoms with E-state index in [1.165, 1.54) is 12.1 Å². The second-order valence-electron chi connectivity index (χ2n) is 3.70. The van der Waals surface area contributed by atoms with Crippen molar-refractivity contribution in [1.82, 2.24) is 5.32 Å². The van der Waals surface area contributed by atoms with E-state index in [2.05, 4.69) is 30.6 Å². The van der Waals surface area contributed by atoms with Gasteiger partial charge in [-0.15, -0.1) is 25.3 Å². The third-order valence-electron chi connectivity index (χ3n) is 2.15. The summed E-state index contributed by atoms with van der Waals surface area (Å²) < 4.78 is 0. The van der Waals surface area contributed by atoms with Gasteiger partial charge in [-0.2, -0.15) is 0 Å². The largest absolute Gasteiger partial charge is 0.481 e. The van der Waals surface area contributed by atoms with Crippen LogP contribution < -0.4 is 5.32 Å². The highest BCUT2D eigenvalue weighted by Crippen LogP contribution is 2.16. The summed E-state index contributed by atoms with van der Waals surface area (Å²) in [5, 5.41) is 19.5. The van der Waals surface area contributed by atoms with Crippen molar-refractivity contribution in [3.8, 4) is 0 Å². The zero-order chi connectivity index (χ0) is 14.6. The van der Waals surface area contributed by atoms with Gasteiger partial charge < -0.3 is 15.5 Å². The second kappa shape index (κ2) is 6.48. The van der Waals surface area contributed by atoms with Crippen LogP contribution in [0.15, 0.2) is 28.0 Å². The summed E-state index contributed by atoms with van der Waals surface area (Å²) in [5.41, 5.74) is 0.161. The molecule has 0 spiro atoms. The highest BCUT2D eigenvalue weighted by Gasteiger charge is 2.23. The number of aliphatic carboxylic acids is 2.